The van der Waals surface area contributed by atoms with Gasteiger partial charge in [0, 0.05) is 58.1 Å². The van der Waals surface area contributed by atoms with Gasteiger partial charge in [0.2, 0.25) is 5.91 Å². The van der Waals surface area contributed by atoms with E-state index in [1.807, 2.05) is 42.8 Å². The van der Waals surface area contributed by atoms with E-state index in [-0.39, 0.29) is 29.9 Å². The van der Waals surface area contributed by atoms with Crippen molar-refractivity contribution < 1.29 is 9.53 Å². The molecule has 1 unspecified atom stereocenters. The Balaban J connectivity index is 0.00000450. The van der Waals surface area contributed by atoms with E-state index >= 15 is 0 Å². The van der Waals surface area contributed by atoms with Crippen LogP contribution in [0, 0.1) is 5.92 Å². The van der Waals surface area contributed by atoms with E-state index in [4.69, 9.17) is 9.73 Å². The summed E-state index contributed by atoms with van der Waals surface area (Å²) in [5.41, 5.74) is 1.20. The Hall–Kier alpha value is -1.71. The molecule has 1 saturated heterocycles. The number of nitrogens with zero attached hydrogens (tertiary/aromatic N) is 4. The minimum atomic E-state index is 0. The van der Waals surface area contributed by atoms with E-state index in [1.165, 1.54) is 5.69 Å². The highest BCUT2D eigenvalue weighted by Crippen LogP contribution is 2.27. The number of carbonyl (C=O) groups is 1. The van der Waals surface area contributed by atoms with E-state index in [2.05, 4.69) is 29.3 Å². The number of carbonyl (C=O) groups excluding carboxylic acids is 1. The fraction of sp³-hybridized carbons (Fsp3) is 0.636. The molecule has 0 aromatic heterocycles. The van der Waals surface area contributed by atoms with Crippen LogP contribution in [0.4, 0.5) is 5.69 Å². The number of rotatable bonds is 9. The fourth-order valence-corrected chi connectivity index (χ4v) is 3.66. The standard InChI is InChI=1S/C22H37N5O2.HI/c1-6-23-22(25(4)17-21(28)26(7-2)8-3)24-15-18-12-13-27(16-18)19-10-9-11-20(14-19)29-5;/h9-11,14,18H,6-8,12-13,15-17H2,1-5H3,(H,23,24);1H. The molecule has 0 spiro atoms. The van der Waals surface area contributed by atoms with Crippen LogP contribution in [0.2, 0.25) is 0 Å². The third kappa shape index (κ3) is 7.52. The Morgan fingerprint density at radius 2 is 2.03 bits per heavy atom. The Bertz CT molecular complexity index is 681. The Labute approximate surface area is 198 Å². The first-order valence-corrected chi connectivity index (χ1v) is 10.7. The molecule has 7 nitrogen and oxygen atoms in total. The maximum absolute atomic E-state index is 12.4. The van der Waals surface area contributed by atoms with Gasteiger partial charge in [0.1, 0.15) is 5.75 Å². The van der Waals surface area contributed by atoms with Gasteiger partial charge in [-0.3, -0.25) is 9.79 Å². The molecular formula is C22H38IN5O2. The van der Waals surface area contributed by atoms with Crippen molar-refractivity contribution in [2.24, 2.45) is 10.9 Å². The highest BCUT2D eigenvalue weighted by atomic mass is 127. The van der Waals surface area contributed by atoms with Crippen molar-refractivity contribution >= 4 is 41.5 Å². The van der Waals surface area contributed by atoms with Gasteiger partial charge in [0.05, 0.1) is 13.7 Å². The van der Waals surface area contributed by atoms with Crippen LogP contribution in [0.3, 0.4) is 0 Å². The molecule has 1 aromatic rings. The van der Waals surface area contributed by atoms with Gasteiger partial charge in [-0.05, 0) is 45.2 Å². The zero-order valence-corrected chi connectivity index (χ0v) is 21.4. The molecule has 0 radical (unpaired) electrons. The molecule has 0 bridgehead atoms. The van der Waals surface area contributed by atoms with Crippen molar-refractivity contribution in [2.45, 2.75) is 27.2 Å². The van der Waals surface area contributed by atoms with Gasteiger partial charge in [-0.25, -0.2) is 0 Å². The predicted molar refractivity (Wildman–Crippen MR) is 135 cm³/mol. The van der Waals surface area contributed by atoms with Crippen LogP contribution in [-0.2, 0) is 4.79 Å². The van der Waals surface area contributed by atoms with E-state index in [9.17, 15) is 4.79 Å². The van der Waals surface area contributed by atoms with Crippen LogP contribution >= 0.6 is 24.0 Å². The molecule has 1 aliphatic heterocycles. The highest BCUT2D eigenvalue weighted by Gasteiger charge is 2.23. The molecule has 1 aromatic carbocycles. The molecule has 8 heteroatoms. The van der Waals surface area contributed by atoms with Gasteiger partial charge >= 0.3 is 0 Å². The van der Waals surface area contributed by atoms with Gasteiger partial charge in [0.25, 0.3) is 0 Å². The Morgan fingerprint density at radius 3 is 2.67 bits per heavy atom. The first-order chi connectivity index (χ1) is 14.0. The normalized spacial score (nSPS) is 16.1. The molecule has 1 N–H and O–H groups in total. The summed E-state index contributed by atoms with van der Waals surface area (Å²) in [5, 5.41) is 3.32. The van der Waals surface area contributed by atoms with Gasteiger partial charge in [-0.1, -0.05) is 6.07 Å². The summed E-state index contributed by atoms with van der Waals surface area (Å²) >= 11 is 0. The van der Waals surface area contributed by atoms with Crippen molar-refractivity contribution in [1.82, 2.24) is 15.1 Å². The number of guanidine groups is 1. The second-order valence-electron chi connectivity index (χ2n) is 7.42. The largest absolute Gasteiger partial charge is 0.497 e. The quantitative estimate of drug-likeness (QED) is 0.302. The van der Waals surface area contributed by atoms with E-state index in [1.54, 1.807) is 7.11 Å². The smallest absolute Gasteiger partial charge is 0.242 e. The van der Waals surface area contributed by atoms with Gasteiger partial charge in [-0.15, -0.1) is 24.0 Å². The summed E-state index contributed by atoms with van der Waals surface area (Å²) in [7, 11) is 3.63. The number of anilines is 1. The van der Waals surface area contributed by atoms with E-state index in [0.29, 0.717) is 12.5 Å². The van der Waals surface area contributed by atoms with E-state index < -0.39 is 0 Å². The first kappa shape index (κ1) is 26.3. The minimum absolute atomic E-state index is 0. The van der Waals surface area contributed by atoms with Crippen molar-refractivity contribution in [3.05, 3.63) is 24.3 Å². The summed E-state index contributed by atoms with van der Waals surface area (Å²) in [6, 6.07) is 8.22. The van der Waals surface area contributed by atoms with Gasteiger partial charge < -0.3 is 24.8 Å². The molecule has 1 heterocycles. The second kappa shape index (κ2) is 13.6. The van der Waals surface area contributed by atoms with Crippen molar-refractivity contribution in [3.63, 3.8) is 0 Å². The molecule has 1 aliphatic rings. The third-order valence-electron chi connectivity index (χ3n) is 5.39. The summed E-state index contributed by atoms with van der Waals surface area (Å²) in [6.45, 7) is 11.4. The molecule has 1 amide bonds. The fourth-order valence-electron chi connectivity index (χ4n) is 3.66. The Kier molecular flexibility index (Phi) is 11.9. The molecule has 0 aliphatic carbocycles. The van der Waals surface area contributed by atoms with Crippen LogP contribution in [-0.4, -0.2) is 81.6 Å². The lowest BCUT2D eigenvalue weighted by atomic mass is 10.1. The monoisotopic (exact) mass is 531 g/mol. The number of aliphatic imine (C=N–C) groups is 1. The predicted octanol–water partition coefficient (Wildman–Crippen LogP) is 2.91. The summed E-state index contributed by atoms with van der Waals surface area (Å²) in [6.07, 6.45) is 1.11. The maximum Gasteiger partial charge on any atom is 0.242 e. The first-order valence-electron chi connectivity index (χ1n) is 10.7. The second-order valence-corrected chi connectivity index (χ2v) is 7.42. The van der Waals surface area contributed by atoms with Crippen LogP contribution in [0.5, 0.6) is 5.75 Å². The molecule has 30 heavy (non-hydrogen) atoms. The van der Waals surface area contributed by atoms with Crippen LogP contribution in [0.1, 0.15) is 27.2 Å². The number of amides is 1. The summed E-state index contributed by atoms with van der Waals surface area (Å²) in [4.78, 5) is 23.4. The average molecular weight is 531 g/mol. The molecule has 0 saturated carbocycles. The van der Waals surface area contributed by atoms with Crippen LogP contribution in [0.25, 0.3) is 0 Å². The SMILES string of the molecule is CCNC(=NCC1CCN(c2cccc(OC)c2)C1)N(C)CC(=O)N(CC)CC.I. The van der Waals surface area contributed by atoms with Crippen molar-refractivity contribution in [2.75, 3.05) is 64.9 Å². The lowest BCUT2D eigenvalue weighted by molar-refractivity contribution is -0.131. The van der Waals surface area contributed by atoms with Crippen LogP contribution < -0.4 is 15.0 Å². The van der Waals surface area contributed by atoms with Crippen molar-refractivity contribution in [3.8, 4) is 5.75 Å². The maximum atomic E-state index is 12.4. The number of likely N-dealkylation sites (N-methyl/N-ethyl adjacent to an activating group) is 2. The topological polar surface area (TPSA) is 60.4 Å². The number of hydrogen-bond donors (Lipinski definition) is 1. The van der Waals surface area contributed by atoms with Crippen molar-refractivity contribution in [1.29, 1.82) is 0 Å². The zero-order chi connectivity index (χ0) is 21.2. The van der Waals surface area contributed by atoms with Crippen LogP contribution in [0.15, 0.2) is 29.3 Å². The van der Waals surface area contributed by atoms with Gasteiger partial charge in [0.15, 0.2) is 5.96 Å². The molecule has 170 valence electrons. The molecule has 2 rings (SSSR count). The molecule has 1 atom stereocenters. The lowest BCUT2D eigenvalue weighted by Gasteiger charge is -2.26. The van der Waals surface area contributed by atoms with Gasteiger partial charge in [-0.2, -0.15) is 0 Å². The number of hydrogen-bond acceptors (Lipinski definition) is 4. The number of halogens is 1. The third-order valence-corrected chi connectivity index (χ3v) is 5.39. The van der Waals surface area contributed by atoms with E-state index in [0.717, 1.165) is 57.4 Å². The lowest BCUT2D eigenvalue weighted by Crippen LogP contribution is -2.45. The number of ether oxygens (including phenoxy) is 1. The number of nitrogens with one attached hydrogen (secondary N) is 1. The summed E-state index contributed by atoms with van der Waals surface area (Å²) < 4.78 is 5.34. The summed E-state index contributed by atoms with van der Waals surface area (Å²) in [5.74, 6) is 2.32. The zero-order valence-electron chi connectivity index (χ0n) is 19.1. The average Bonchev–Trinajstić information content (AvgIpc) is 3.21. The minimum Gasteiger partial charge on any atom is -0.497 e. The molecular weight excluding hydrogens is 493 g/mol. The molecule has 1 fully saturated rings. The number of benzene rings is 1. The number of methoxy groups -OCH3 is 1. The highest BCUT2D eigenvalue weighted by molar-refractivity contribution is 14.0. The Morgan fingerprint density at radius 1 is 1.30 bits per heavy atom.